The van der Waals surface area contributed by atoms with Gasteiger partial charge in [-0.3, -0.25) is 53.3 Å². The van der Waals surface area contributed by atoms with E-state index in [-0.39, 0.29) is 12.8 Å². The van der Waals surface area contributed by atoms with Crippen LogP contribution in [0.1, 0.15) is 24.0 Å². The standard InChI is InChI=1S/C36H47I2N11O12/c37-20-5-1-18(2-6-20)9-22(46-28(52)13-39)33(58)42-15-30(54)48-25(12-27(41)51)36(61)44-16-31(55)49-24(11-26(40)50)35(60)43-14-29(53)47-23(34(59)45-17-32(56)57)10-19-3-7-21(38)8-4-19/h1-8,22-25,34,45,59H,9-17,39H2,(H2,40,50)(H2,41,51)(H,42,58)(H,43,60)(H,44,61)(H,46,52)(H,47,53)(H,48,54)(H,49,55)(H,56,57)/t22-,23-,24-,25-,34?/m0/s1. The topological polar surface area (TPSA) is 385 Å². The number of carboxylic acids is 1. The molecule has 61 heavy (non-hydrogen) atoms. The highest BCUT2D eigenvalue weighted by molar-refractivity contribution is 14.1. The molecule has 0 aliphatic heterocycles. The average molecular weight is 1080 g/mol. The lowest BCUT2D eigenvalue weighted by Gasteiger charge is -2.25. The van der Waals surface area contributed by atoms with E-state index in [9.17, 15) is 53.1 Å². The number of primary amides is 2. The number of aliphatic hydroxyl groups is 1. The fraction of sp³-hybridized carbons (Fsp3) is 0.389. The van der Waals surface area contributed by atoms with Gasteiger partial charge in [0.25, 0.3) is 0 Å². The maximum Gasteiger partial charge on any atom is 0.317 e. The molecule has 332 valence electrons. The maximum atomic E-state index is 13.0. The molecule has 0 spiro atoms. The second-order valence-electron chi connectivity index (χ2n) is 13.1. The van der Waals surface area contributed by atoms with E-state index < -0.39 is 135 Å². The van der Waals surface area contributed by atoms with Crippen LogP contribution in [0.5, 0.6) is 0 Å². The minimum absolute atomic E-state index is 0.0535. The van der Waals surface area contributed by atoms with Crippen LogP contribution in [0.2, 0.25) is 0 Å². The predicted molar refractivity (Wildman–Crippen MR) is 231 cm³/mol. The number of hydrogen-bond donors (Lipinski definition) is 13. The van der Waals surface area contributed by atoms with Gasteiger partial charge in [-0.15, -0.1) is 0 Å². The SMILES string of the molecule is NCC(=O)N[C@@H](Cc1ccc(I)cc1)C(=O)NCC(=O)N[C@@H](CC(N)=O)C(=O)NCC(=O)N[C@@H](CC(N)=O)C(=O)NCC(=O)N[C@@H](Cc1ccc(I)cc1)C(O)NCC(=O)O. The Morgan fingerprint density at radius 3 is 1.31 bits per heavy atom. The van der Waals surface area contributed by atoms with Crippen molar-refractivity contribution < 1.29 is 58.2 Å². The Hall–Kier alpha value is -5.52. The maximum absolute atomic E-state index is 13.0. The fourth-order valence-corrected chi connectivity index (χ4v) is 5.93. The van der Waals surface area contributed by atoms with Crippen molar-refractivity contribution in [3.8, 4) is 0 Å². The third-order valence-corrected chi connectivity index (χ3v) is 9.57. The molecule has 0 saturated carbocycles. The molecule has 0 fully saturated rings. The highest BCUT2D eigenvalue weighted by Gasteiger charge is 2.28. The third-order valence-electron chi connectivity index (χ3n) is 8.13. The molecule has 0 aliphatic rings. The number of aliphatic hydroxyl groups excluding tert-OH is 1. The predicted octanol–water partition coefficient (Wildman–Crippen LogP) is -5.33. The van der Waals surface area contributed by atoms with Crippen LogP contribution < -0.4 is 59.7 Å². The van der Waals surface area contributed by atoms with Gasteiger partial charge in [0.2, 0.25) is 53.2 Å². The van der Waals surface area contributed by atoms with Crippen LogP contribution in [-0.4, -0.2) is 132 Å². The molecule has 2 aromatic rings. The first-order valence-corrected chi connectivity index (χ1v) is 20.3. The van der Waals surface area contributed by atoms with Gasteiger partial charge in [0, 0.05) is 13.6 Å². The third kappa shape index (κ3) is 21.0. The number of nitrogens with one attached hydrogen (secondary N) is 8. The number of rotatable bonds is 26. The Morgan fingerprint density at radius 1 is 0.541 bits per heavy atom. The largest absolute Gasteiger partial charge is 0.480 e. The Bertz CT molecular complexity index is 1910. The van der Waals surface area contributed by atoms with Crippen molar-refractivity contribution in [3.63, 3.8) is 0 Å². The van der Waals surface area contributed by atoms with E-state index >= 15 is 0 Å². The molecule has 25 heteroatoms. The summed E-state index contributed by atoms with van der Waals surface area (Å²) in [5.74, 6) is -9.66. The molecule has 0 bridgehead atoms. The van der Waals surface area contributed by atoms with Gasteiger partial charge in [0.15, 0.2) is 0 Å². The van der Waals surface area contributed by atoms with E-state index in [1.807, 2.05) is 0 Å². The zero-order valence-electron chi connectivity index (χ0n) is 32.3. The number of carbonyl (C=O) groups excluding carboxylic acids is 9. The molecule has 0 radical (unpaired) electrons. The first-order valence-electron chi connectivity index (χ1n) is 18.2. The number of hydrogen-bond acceptors (Lipinski definition) is 13. The minimum atomic E-state index is -1.64. The second kappa shape index (κ2) is 26.6. The van der Waals surface area contributed by atoms with Crippen molar-refractivity contribution >= 4 is 104 Å². The quantitative estimate of drug-likeness (QED) is 0.0309. The van der Waals surface area contributed by atoms with Crippen LogP contribution in [0, 0.1) is 7.14 Å². The number of carbonyl (C=O) groups is 10. The molecular weight excluding hydrogens is 1030 g/mol. The van der Waals surface area contributed by atoms with E-state index in [0.717, 1.165) is 7.14 Å². The summed E-state index contributed by atoms with van der Waals surface area (Å²) in [4.78, 5) is 124. The number of halogens is 2. The summed E-state index contributed by atoms with van der Waals surface area (Å²) in [5, 5.41) is 38.0. The monoisotopic (exact) mass is 1080 g/mol. The summed E-state index contributed by atoms with van der Waals surface area (Å²) in [6.07, 6.45) is -2.88. The van der Waals surface area contributed by atoms with Gasteiger partial charge in [-0.2, -0.15) is 0 Å². The van der Waals surface area contributed by atoms with Crippen molar-refractivity contribution in [2.75, 3.05) is 32.7 Å². The number of aliphatic carboxylic acids is 1. The first-order chi connectivity index (χ1) is 28.8. The Morgan fingerprint density at radius 2 is 0.918 bits per heavy atom. The smallest absolute Gasteiger partial charge is 0.317 e. The lowest BCUT2D eigenvalue weighted by atomic mass is 10.0. The van der Waals surface area contributed by atoms with E-state index in [4.69, 9.17) is 22.3 Å². The Kier molecular flexibility index (Phi) is 22.5. The van der Waals surface area contributed by atoms with Crippen LogP contribution in [0.25, 0.3) is 0 Å². The molecule has 0 heterocycles. The Balaban J connectivity index is 1.99. The molecule has 16 N–H and O–H groups in total. The van der Waals surface area contributed by atoms with Crippen LogP contribution in [0.4, 0.5) is 0 Å². The highest BCUT2D eigenvalue weighted by atomic mass is 127. The van der Waals surface area contributed by atoms with Gasteiger partial charge in [-0.05, 0) is 87.0 Å². The van der Waals surface area contributed by atoms with Gasteiger partial charge < -0.3 is 64.6 Å². The molecule has 5 atom stereocenters. The molecule has 0 aromatic heterocycles. The summed E-state index contributed by atoms with van der Waals surface area (Å²) in [7, 11) is 0. The van der Waals surface area contributed by atoms with E-state index in [1.54, 1.807) is 48.5 Å². The highest BCUT2D eigenvalue weighted by Crippen LogP contribution is 2.11. The van der Waals surface area contributed by atoms with Crippen molar-refractivity contribution in [1.29, 1.82) is 0 Å². The summed E-state index contributed by atoms with van der Waals surface area (Å²) in [5.41, 5.74) is 17.2. The number of carboxylic acid groups (broad SMARTS) is 1. The molecule has 0 saturated heterocycles. The van der Waals surface area contributed by atoms with Gasteiger partial charge in [0.05, 0.1) is 51.6 Å². The zero-order chi connectivity index (χ0) is 45.6. The number of amides is 9. The summed E-state index contributed by atoms with van der Waals surface area (Å²) in [6, 6.07) is 8.66. The van der Waals surface area contributed by atoms with Crippen LogP contribution in [0.15, 0.2) is 48.5 Å². The molecule has 2 aromatic carbocycles. The van der Waals surface area contributed by atoms with Crippen LogP contribution in [0.3, 0.4) is 0 Å². The molecular formula is C36H47I2N11O12. The van der Waals surface area contributed by atoms with Gasteiger partial charge in [0.1, 0.15) is 24.4 Å². The molecule has 2 rings (SSSR count). The van der Waals surface area contributed by atoms with Crippen molar-refractivity contribution in [2.24, 2.45) is 17.2 Å². The van der Waals surface area contributed by atoms with Gasteiger partial charge in [-0.25, -0.2) is 0 Å². The molecule has 1 unspecified atom stereocenters. The molecule has 23 nitrogen and oxygen atoms in total. The summed E-state index contributed by atoms with van der Waals surface area (Å²) < 4.78 is 1.85. The zero-order valence-corrected chi connectivity index (χ0v) is 36.6. The second-order valence-corrected chi connectivity index (χ2v) is 15.6. The van der Waals surface area contributed by atoms with Crippen molar-refractivity contribution in [1.82, 2.24) is 42.5 Å². The van der Waals surface area contributed by atoms with E-state index in [2.05, 4.69) is 87.7 Å². The normalized spacial score (nSPS) is 13.1. The number of nitrogens with two attached hydrogens (primary N) is 3. The van der Waals surface area contributed by atoms with Crippen LogP contribution >= 0.6 is 45.2 Å². The van der Waals surface area contributed by atoms with Crippen LogP contribution in [-0.2, 0) is 60.8 Å². The lowest BCUT2D eigenvalue weighted by molar-refractivity contribution is -0.137. The van der Waals surface area contributed by atoms with Crippen molar-refractivity contribution in [3.05, 3.63) is 66.8 Å². The minimum Gasteiger partial charge on any atom is -0.480 e. The molecule has 9 amide bonds. The first kappa shape index (κ1) is 51.6. The van der Waals surface area contributed by atoms with Gasteiger partial charge >= 0.3 is 5.97 Å². The molecule has 0 aliphatic carbocycles. The van der Waals surface area contributed by atoms with E-state index in [1.165, 1.54) is 0 Å². The lowest BCUT2D eigenvalue weighted by Crippen LogP contribution is -2.56. The Labute approximate surface area is 375 Å². The van der Waals surface area contributed by atoms with Gasteiger partial charge in [-0.1, -0.05) is 24.3 Å². The average Bonchev–Trinajstić information content (AvgIpc) is 3.20. The number of benzene rings is 2. The fourth-order valence-electron chi connectivity index (χ4n) is 5.21. The summed E-state index contributed by atoms with van der Waals surface area (Å²) in [6.45, 7) is -3.31. The van der Waals surface area contributed by atoms with Crippen molar-refractivity contribution in [2.45, 2.75) is 56.1 Å². The summed E-state index contributed by atoms with van der Waals surface area (Å²) >= 11 is 4.18. The van der Waals surface area contributed by atoms with E-state index in [0.29, 0.717) is 11.1 Å².